The van der Waals surface area contributed by atoms with Crippen LogP contribution in [0.3, 0.4) is 0 Å². The zero-order valence-corrected chi connectivity index (χ0v) is 17.3. The standard InChI is InChI=1S/C22H24FN7/c1-4-18-26-20(24)19-22(27-18)30(21(28-19)16-9-17(23)11-25-10-16)13-15-7-5-14(6-8-15)12-29(2)3/h5-11H,4,12-13H2,1-3H3,(H2,24,26,27). The zero-order valence-electron chi connectivity index (χ0n) is 17.3. The minimum atomic E-state index is -0.424. The van der Waals surface area contributed by atoms with Gasteiger partial charge in [-0.1, -0.05) is 31.2 Å². The molecule has 4 aromatic rings. The van der Waals surface area contributed by atoms with Crippen LogP contribution < -0.4 is 5.73 Å². The highest BCUT2D eigenvalue weighted by Gasteiger charge is 2.18. The molecule has 0 unspecified atom stereocenters. The molecule has 0 aliphatic carbocycles. The molecule has 0 saturated heterocycles. The maximum Gasteiger partial charge on any atom is 0.166 e. The normalized spacial score (nSPS) is 11.5. The molecule has 0 saturated carbocycles. The van der Waals surface area contributed by atoms with Gasteiger partial charge in [0.15, 0.2) is 17.0 Å². The molecule has 1 aromatic carbocycles. The average Bonchev–Trinajstić information content (AvgIpc) is 3.08. The minimum absolute atomic E-state index is 0.322. The van der Waals surface area contributed by atoms with Gasteiger partial charge < -0.3 is 15.2 Å². The number of hydrogen-bond acceptors (Lipinski definition) is 6. The molecule has 2 N–H and O–H groups in total. The van der Waals surface area contributed by atoms with Crippen molar-refractivity contribution < 1.29 is 4.39 Å². The highest BCUT2D eigenvalue weighted by atomic mass is 19.1. The van der Waals surface area contributed by atoms with Gasteiger partial charge in [-0.05, 0) is 31.3 Å². The second kappa shape index (κ2) is 8.16. The van der Waals surface area contributed by atoms with Crippen LogP contribution in [0.1, 0.15) is 23.9 Å². The Labute approximate surface area is 174 Å². The lowest BCUT2D eigenvalue weighted by Crippen LogP contribution is -2.10. The maximum atomic E-state index is 13.9. The monoisotopic (exact) mass is 405 g/mol. The fraction of sp³-hybridized carbons (Fsp3) is 0.273. The molecule has 0 spiro atoms. The summed E-state index contributed by atoms with van der Waals surface area (Å²) in [5.74, 6) is 1.10. The van der Waals surface area contributed by atoms with Gasteiger partial charge in [0.05, 0.1) is 12.7 Å². The van der Waals surface area contributed by atoms with Crippen molar-refractivity contribution in [1.82, 2.24) is 29.4 Å². The topological polar surface area (TPSA) is 85.8 Å². The highest BCUT2D eigenvalue weighted by Crippen LogP contribution is 2.27. The van der Waals surface area contributed by atoms with Gasteiger partial charge in [0.1, 0.15) is 17.5 Å². The molecular formula is C22H24FN7. The first kappa shape index (κ1) is 19.9. The number of nitrogens with zero attached hydrogens (tertiary/aromatic N) is 6. The Hall–Kier alpha value is -3.39. The van der Waals surface area contributed by atoms with E-state index in [4.69, 9.17) is 5.73 Å². The highest BCUT2D eigenvalue weighted by molar-refractivity contribution is 5.85. The van der Waals surface area contributed by atoms with E-state index in [1.807, 2.05) is 25.6 Å². The van der Waals surface area contributed by atoms with E-state index in [0.717, 1.165) is 12.1 Å². The number of nitrogen functional groups attached to an aromatic ring is 1. The lowest BCUT2D eigenvalue weighted by atomic mass is 10.1. The number of anilines is 1. The van der Waals surface area contributed by atoms with E-state index >= 15 is 0 Å². The second-order valence-corrected chi connectivity index (χ2v) is 7.52. The molecule has 0 radical (unpaired) electrons. The Balaban J connectivity index is 1.83. The molecule has 0 aliphatic heterocycles. The van der Waals surface area contributed by atoms with Crippen molar-refractivity contribution in [2.45, 2.75) is 26.4 Å². The summed E-state index contributed by atoms with van der Waals surface area (Å²) < 4.78 is 15.8. The quantitative estimate of drug-likeness (QED) is 0.530. The van der Waals surface area contributed by atoms with Gasteiger partial charge in [-0.25, -0.2) is 19.3 Å². The third kappa shape index (κ3) is 3.99. The summed E-state index contributed by atoms with van der Waals surface area (Å²) in [6.07, 6.45) is 3.41. The lowest BCUT2D eigenvalue weighted by molar-refractivity contribution is 0.402. The van der Waals surface area contributed by atoms with Gasteiger partial charge in [0, 0.05) is 24.7 Å². The van der Waals surface area contributed by atoms with Crippen LogP contribution in [-0.4, -0.2) is 43.5 Å². The van der Waals surface area contributed by atoms with E-state index in [1.54, 1.807) is 6.20 Å². The summed E-state index contributed by atoms with van der Waals surface area (Å²) in [6, 6.07) is 9.81. The van der Waals surface area contributed by atoms with Gasteiger partial charge in [-0.15, -0.1) is 0 Å². The van der Waals surface area contributed by atoms with Crippen molar-refractivity contribution in [3.8, 4) is 11.4 Å². The van der Waals surface area contributed by atoms with Crippen molar-refractivity contribution >= 4 is 17.0 Å². The largest absolute Gasteiger partial charge is 0.382 e. The number of pyridine rings is 1. The molecule has 0 amide bonds. The van der Waals surface area contributed by atoms with Gasteiger partial charge in [0.2, 0.25) is 0 Å². The number of aryl methyl sites for hydroxylation is 1. The third-order valence-electron chi connectivity index (χ3n) is 4.81. The van der Waals surface area contributed by atoms with Gasteiger partial charge in [-0.3, -0.25) is 4.98 Å². The summed E-state index contributed by atoms with van der Waals surface area (Å²) in [7, 11) is 4.08. The predicted molar refractivity (Wildman–Crippen MR) is 115 cm³/mol. The molecule has 0 fully saturated rings. The third-order valence-corrected chi connectivity index (χ3v) is 4.81. The summed E-state index contributed by atoms with van der Waals surface area (Å²) in [4.78, 5) is 19.7. The lowest BCUT2D eigenvalue weighted by Gasteiger charge is -2.12. The summed E-state index contributed by atoms with van der Waals surface area (Å²) in [6.45, 7) is 3.37. The molecular weight excluding hydrogens is 381 g/mol. The van der Waals surface area contributed by atoms with Crippen molar-refractivity contribution in [2.75, 3.05) is 19.8 Å². The van der Waals surface area contributed by atoms with Crippen molar-refractivity contribution in [3.63, 3.8) is 0 Å². The van der Waals surface area contributed by atoms with E-state index in [-0.39, 0.29) is 0 Å². The van der Waals surface area contributed by atoms with Crippen LogP contribution in [-0.2, 0) is 19.5 Å². The number of halogens is 1. The smallest absolute Gasteiger partial charge is 0.166 e. The first-order valence-electron chi connectivity index (χ1n) is 9.80. The number of benzene rings is 1. The Morgan fingerprint density at radius 2 is 1.77 bits per heavy atom. The number of aromatic nitrogens is 5. The summed E-state index contributed by atoms with van der Waals surface area (Å²) >= 11 is 0. The number of nitrogens with two attached hydrogens (primary N) is 1. The first-order valence-corrected chi connectivity index (χ1v) is 9.80. The average molecular weight is 405 g/mol. The van der Waals surface area contributed by atoms with E-state index in [9.17, 15) is 4.39 Å². The number of hydrogen-bond donors (Lipinski definition) is 1. The van der Waals surface area contributed by atoms with Crippen LogP contribution in [0.25, 0.3) is 22.6 Å². The Bertz CT molecular complexity index is 1180. The molecule has 8 heteroatoms. The predicted octanol–water partition coefficient (Wildman–Crippen LogP) is 3.28. The van der Waals surface area contributed by atoms with Crippen LogP contribution in [0.2, 0.25) is 0 Å². The summed E-state index contributed by atoms with van der Waals surface area (Å²) in [5, 5.41) is 0. The van der Waals surface area contributed by atoms with Crippen molar-refractivity contribution in [3.05, 3.63) is 65.5 Å². The SMILES string of the molecule is CCc1nc(N)c2nc(-c3cncc(F)c3)n(Cc3ccc(CN(C)C)cc3)c2n1. The van der Waals surface area contributed by atoms with E-state index in [2.05, 4.69) is 49.1 Å². The van der Waals surface area contributed by atoms with Crippen molar-refractivity contribution in [2.24, 2.45) is 0 Å². The molecule has 154 valence electrons. The molecule has 7 nitrogen and oxygen atoms in total. The molecule has 4 rings (SSSR count). The number of rotatable bonds is 6. The van der Waals surface area contributed by atoms with Crippen LogP contribution in [0, 0.1) is 5.82 Å². The van der Waals surface area contributed by atoms with Gasteiger partial charge in [-0.2, -0.15) is 0 Å². The van der Waals surface area contributed by atoms with Crippen molar-refractivity contribution in [1.29, 1.82) is 0 Å². The van der Waals surface area contributed by atoms with E-state index < -0.39 is 5.82 Å². The zero-order chi connectivity index (χ0) is 21.3. The minimum Gasteiger partial charge on any atom is -0.382 e. The fourth-order valence-corrected chi connectivity index (χ4v) is 3.43. The Kier molecular flexibility index (Phi) is 5.41. The number of fused-ring (bicyclic) bond motifs is 1. The van der Waals surface area contributed by atoms with Crippen LogP contribution >= 0.6 is 0 Å². The summed E-state index contributed by atoms with van der Waals surface area (Å²) in [5.41, 5.74) is 10.2. The molecule has 30 heavy (non-hydrogen) atoms. The molecule has 3 aromatic heterocycles. The van der Waals surface area contributed by atoms with Gasteiger partial charge in [0.25, 0.3) is 0 Å². The second-order valence-electron chi connectivity index (χ2n) is 7.52. The van der Waals surface area contributed by atoms with Crippen LogP contribution in [0.4, 0.5) is 10.2 Å². The molecule has 0 bridgehead atoms. The molecule has 0 atom stereocenters. The Morgan fingerprint density at radius 3 is 2.43 bits per heavy atom. The Morgan fingerprint density at radius 1 is 1.03 bits per heavy atom. The maximum absolute atomic E-state index is 13.9. The molecule has 0 aliphatic rings. The number of imidazole rings is 1. The van der Waals surface area contributed by atoms with E-state index in [1.165, 1.54) is 17.8 Å². The van der Waals surface area contributed by atoms with Gasteiger partial charge >= 0.3 is 0 Å². The van der Waals surface area contributed by atoms with E-state index in [0.29, 0.717) is 47.2 Å². The van der Waals surface area contributed by atoms with Crippen LogP contribution in [0.15, 0.2) is 42.7 Å². The fourth-order valence-electron chi connectivity index (χ4n) is 3.43. The molecule has 3 heterocycles. The first-order chi connectivity index (χ1) is 14.4. The van der Waals surface area contributed by atoms with Crippen LogP contribution in [0.5, 0.6) is 0 Å².